The number of rotatable bonds is 6. The Kier molecular flexibility index (Phi) is 7.15. The molecule has 7 heteroatoms. The number of hydrogen-bond acceptors (Lipinski definition) is 6. The molecule has 1 N–H and O–H groups in total. The molecule has 158 valence electrons. The number of anilines is 1. The summed E-state index contributed by atoms with van der Waals surface area (Å²) >= 11 is 1.47. The molecule has 0 radical (unpaired) electrons. The minimum atomic E-state index is -0.462. The standard InChI is InChI=1S/C23H26FN3O2S/c1-5-29-22(28)20-15(2)25-23(30-14-16-7-6-8-18(24)13-16)26-21(20)17-9-11-19(12-10-17)27(3)4/h6-13,21H,5,14H2,1-4H3,(H,25,26). The van der Waals surface area contributed by atoms with Crippen molar-refractivity contribution in [2.45, 2.75) is 25.6 Å². The zero-order valence-corrected chi connectivity index (χ0v) is 18.4. The Hall–Kier alpha value is -2.80. The van der Waals surface area contributed by atoms with Gasteiger partial charge in [0.1, 0.15) is 11.9 Å². The zero-order valence-electron chi connectivity index (χ0n) is 17.6. The van der Waals surface area contributed by atoms with Crippen LogP contribution in [0.2, 0.25) is 0 Å². The Morgan fingerprint density at radius 3 is 2.60 bits per heavy atom. The third-order valence-corrected chi connectivity index (χ3v) is 5.66. The third-order valence-electron chi connectivity index (χ3n) is 4.70. The van der Waals surface area contributed by atoms with Gasteiger partial charge in [0.2, 0.25) is 0 Å². The fraction of sp³-hybridized carbons (Fsp3) is 0.304. The van der Waals surface area contributed by atoms with E-state index in [1.165, 1.54) is 23.9 Å². The van der Waals surface area contributed by atoms with Gasteiger partial charge in [-0.2, -0.15) is 0 Å². The summed E-state index contributed by atoms with van der Waals surface area (Å²) in [6, 6.07) is 14.0. The van der Waals surface area contributed by atoms with E-state index in [2.05, 4.69) is 5.32 Å². The van der Waals surface area contributed by atoms with Gasteiger partial charge in [0.05, 0.1) is 12.2 Å². The van der Waals surface area contributed by atoms with Crippen molar-refractivity contribution in [1.82, 2.24) is 5.32 Å². The lowest BCUT2D eigenvalue weighted by Gasteiger charge is -2.26. The number of aliphatic imine (C=N–C) groups is 1. The van der Waals surface area contributed by atoms with Gasteiger partial charge in [-0.25, -0.2) is 14.2 Å². The molecule has 1 aliphatic rings. The van der Waals surface area contributed by atoms with Crippen LogP contribution >= 0.6 is 11.8 Å². The number of ether oxygens (including phenoxy) is 1. The minimum Gasteiger partial charge on any atom is -0.463 e. The fourth-order valence-corrected chi connectivity index (χ4v) is 4.06. The van der Waals surface area contributed by atoms with Gasteiger partial charge in [0.25, 0.3) is 0 Å². The maximum atomic E-state index is 13.5. The van der Waals surface area contributed by atoms with Gasteiger partial charge in [0, 0.05) is 31.2 Å². The SMILES string of the molecule is CCOC(=O)C1=C(C)NC(SCc2cccc(F)c2)=NC1c1ccc(N(C)C)cc1. The fourth-order valence-electron chi connectivity index (χ4n) is 3.17. The molecule has 0 aromatic heterocycles. The van der Waals surface area contributed by atoms with Gasteiger partial charge < -0.3 is 15.0 Å². The second-order valence-corrected chi connectivity index (χ2v) is 8.09. The van der Waals surface area contributed by atoms with Crippen molar-refractivity contribution in [3.8, 4) is 0 Å². The van der Waals surface area contributed by atoms with Gasteiger partial charge in [-0.15, -0.1) is 0 Å². The lowest BCUT2D eigenvalue weighted by molar-refractivity contribution is -0.138. The smallest absolute Gasteiger partial charge is 0.338 e. The average Bonchev–Trinajstić information content (AvgIpc) is 2.72. The van der Waals surface area contributed by atoms with Crippen molar-refractivity contribution in [3.05, 3.63) is 76.7 Å². The van der Waals surface area contributed by atoms with Crippen LogP contribution in [0.25, 0.3) is 0 Å². The number of thioether (sulfide) groups is 1. The molecule has 0 bridgehead atoms. The van der Waals surface area contributed by atoms with Gasteiger partial charge in [-0.05, 0) is 49.2 Å². The minimum absolute atomic E-state index is 0.258. The van der Waals surface area contributed by atoms with Crippen molar-refractivity contribution in [2.24, 2.45) is 4.99 Å². The molecule has 0 aliphatic carbocycles. The van der Waals surface area contributed by atoms with E-state index in [0.29, 0.717) is 28.8 Å². The van der Waals surface area contributed by atoms with E-state index >= 15 is 0 Å². The monoisotopic (exact) mass is 427 g/mol. The number of amidine groups is 1. The van der Waals surface area contributed by atoms with E-state index in [4.69, 9.17) is 9.73 Å². The maximum Gasteiger partial charge on any atom is 0.338 e. The van der Waals surface area contributed by atoms with E-state index < -0.39 is 6.04 Å². The summed E-state index contributed by atoms with van der Waals surface area (Å²) in [5.74, 6) is -0.0639. The molecule has 1 heterocycles. The molecule has 1 aliphatic heterocycles. The predicted molar refractivity (Wildman–Crippen MR) is 121 cm³/mol. The summed E-state index contributed by atoms with van der Waals surface area (Å²) in [7, 11) is 3.96. The molecular formula is C23H26FN3O2S. The van der Waals surface area contributed by atoms with Crippen LogP contribution in [0.1, 0.15) is 31.0 Å². The molecule has 0 fully saturated rings. The number of esters is 1. The molecule has 3 rings (SSSR count). The van der Waals surface area contributed by atoms with E-state index in [1.807, 2.05) is 56.3 Å². The number of benzene rings is 2. The Balaban J connectivity index is 1.89. The Bertz CT molecular complexity index is 971. The lowest BCUT2D eigenvalue weighted by Crippen LogP contribution is -2.30. The highest BCUT2D eigenvalue weighted by atomic mass is 32.2. The first-order valence-electron chi connectivity index (χ1n) is 9.76. The summed E-state index contributed by atoms with van der Waals surface area (Å²) in [5.41, 5.74) is 4.06. The topological polar surface area (TPSA) is 53.9 Å². The van der Waals surface area contributed by atoms with E-state index in [-0.39, 0.29) is 11.8 Å². The van der Waals surface area contributed by atoms with Crippen LogP contribution in [-0.2, 0) is 15.3 Å². The van der Waals surface area contributed by atoms with Crippen LogP contribution in [0, 0.1) is 5.82 Å². The van der Waals surface area contributed by atoms with Crippen molar-refractivity contribution < 1.29 is 13.9 Å². The second kappa shape index (κ2) is 9.80. The molecular weight excluding hydrogens is 401 g/mol. The largest absolute Gasteiger partial charge is 0.463 e. The van der Waals surface area contributed by atoms with Crippen molar-refractivity contribution >= 4 is 28.6 Å². The summed E-state index contributed by atoms with van der Waals surface area (Å²) in [5, 5.41) is 3.90. The van der Waals surface area contributed by atoms with Gasteiger partial charge >= 0.3 is 5.97 Å². The van der Waals surface area contributed by atoms with Crippen molar-refractivity contribution in [3.63, 3.8) is 0 Å². The van der Waals surface area contributed by atoms with Crippen LogP contribution in [-0.4, -0.2) is 31.8 Å². The number of carbonyl (C=O) groups excluding carboxylic acids is 1. The number of nitrogens with zero attached hydrogens (tertiary/aromatic N) is 2. The first-order valence-corrected chi connectivity index (χ1v) is 10.7. The Labute approximate surface area is 181 Å². The molecule has 2 aromatic carbocycles. The Morgan fingerprint density at radius 2 is 1.97 bits per heavy atom. The van der Waals surface area contributed by atoms with Crippen LogP contribution in [0.4, 0.5) is 10.1 Å². The molecule has 5 nitrogen and oxygen atoms in total. The normalized spacial score (nSPS) is 16.0. The summed E-state index contributed by atoms with van der Waals surface area (Å²) < 4.78 is 18.7. The number of carbonyl (C=O) groups is 1. The lowest BCUT2D eigenvalue weighted by atomic mass is 9.96. The molecule has 1 atom stereocenters. The van der Waals surface area contributed by atoms with Gasteiger partial charge in [-0.1, -0.05) is 36.0 Å². The van der Waals surface area contributed by atoms with Crippen LogP contribution in [0.3, 0.4) is 0 Å². The molecule has 0 saturated heterocycles. The number of halogens is 1. The first-order chi connectivity index (χ1) is 14.4. The predicted octanol–water partition coefficient (Wildman–Crippen LogP) is 4.66. The zero-order chi connectivity index (χ0) is 21.7. The van der Waals surface area contributed by atoms with Gasteiger partial charge in [-0.3, -0.25) is 0 Å². The number of hydrogen-bond donors (Lipinski definition) is 1. The van der Waals surface area contributed by atoms with E-state index in [0.717, 1.165) is 16.8 Å². The van der Waals surface area contributed by atoms with Crippen molar-refractivity contribution in [1.29, 1.82) is 0 Å². The summed E-state index contributed by atoms with van der Waals surface area (Å²) in [4.78, 5) is 19.5. The Morgan fingerprint density at radius 1 is 1.23 bits per heavy atom. The third kappa shape index (κ3) is 5.21. The number of nitrogens with one attached hydrogen (secondary N) is 1. The molecule has 1 unspecified atom stereocenters. The van der Waals surface area contributed by atoms with E-state index in [9.17, 15) is 9.18 Å². The average molecular weight is 428 g/mol. The van der Waals surface area contributed by atoms with Crippen molar-refractivity contribution in [2.75, 3.05) is 25.6 Å². The highest BCUT2D eigenvalue weighted by Gasteiger charge is 2.30. The highest BCUT2D eigenvalue weighted by molar-refractivity contribution is 8.13. The van der Waals surface area contributed by atoms with E-state index in [1.54, 1.807) is 13.0 Å². The quantitative estimate of drug-likeness (QED) is 0.680. The number of allylic oxidation sites excluding steroid dienone is 1. The van der Waals surface area contributed by atoms with Crippen LogP contribution in [0.15, 0.2) is 64.8 Å². The first kappa shape index (κ1) is 21.9. The maximum absolute atomic E-state index is 13.5. The highest BCUT2D eigenvalue weighted by Crippen LogP contribution is 2.34. The molecule has 0 amide bonds. The summed E-state index contributed by atoms with van der Waals surface area (Å²) in [6.45, 7) is 3.94. The molecule has 2 aromatic rings. The summed E-state index contributed by atoms with van der Waals surface area (Å²) in [6.07, 6.45) is 0. The second-order valence-electron chi connectivity index (χ2n) is 7.13. The molecule has 0 spiro atoms. The van der Waals surface area contributed by atoms with Gasteiger partial charge in [0.15, 0.2) is 5.17 Å². The molecule has 0 saturated carbocycles. The van der Waals surface area contributed by atoms with Crippen LogP contribution in [0.5, 0.6) is 0 Å². The molecule has 30 heavy (non-hydrogen) atoms. The van der Waals surface area contributed by atoms with Crippen LogP contribution < -0.4 is 10.2 Å².